The molecule has 0 aromatic carbocycles. The van der Waals surface area contributed by atoms with Crippen LogP contribution in [-0.4, -0.2) is 27.8 Å². The standard InChI is InChI=1S/C10H13F3N2O2/c11-10(12,13)6-2-4-15-7(5-6)9(17)8(16)1-3-14/h2,4-5,8-9,16-17H,1,3,14H2. The number of alkyl halides is 3. The van der Waals surface area contributed by atoms with Crippen molar-refractivity contribution in [1.29, 1.82) is 0 Å². The zero-order valence-corrected chi connectivity index (χ0v) is 8.85. The maximum Gasteiger partial charge on any atom is 0.416 e. The summed E-state index contributed by atoms with van der Waals surface area (Å²) in [6.07, 6.45) is -6.18. The summed E-state index contributed by atoms with van der Waals surface area (Å²) in [6.45, 7) is 0.122. The normalized spacial score (nSPS) is 15.6. The third-order valence-electron chi connectivity index (χ3n) is 2.24. The molecule has 1 aromatic rings. The Morgan fingerprint density at radius 2 is 2.00 bits per heavy atom. The van der Waals surface area contributed by atoms with E-state index >= 15 is 0 Å². The second-order valence-electron chi connectivity index (χ2n) is 3.56. The van der Waals surface area contributed by atoms with Crippen molar-refractivity contribution >= 4 is 0 Å². The van der Waals surface area contributed by atoms with Crippen molar-refractivity contribution in [2.75, 3.05) is 6.54 Å². The molecule has 0 aliphatic rings. The van der Waals surface area contributed by atoms with E-state index in [4.69, 9.17) is 5.73 Å². The maximum absolute atomic E-state index is 12.4. The van der Waals surface area contributed by atoms with Gasteiger partial charge in [0.25, 0.3) is 0 Å². The molecule has 96 valence electrons. The van der Waals surface area contributed by atoms with Crippen LogP contribution >= 0.6 is 0 Å². The summed E-state index contributed by atoms with van der Waals surface area (Å²) in [5, 5.41) is 19.0. The lowest BCUT2D eigenvalue weighted by molar-refractivity contribution is -0.137. The van der Waals surface area contributed by atoms with Gasteiger partial charge in [-0.2, -0.15) is 13.2 Å². The van der Waals surface area contributed by atoms with Gasteiger partial charge in [0, 0.05) is 6.20 Å². The van der Waals surface area contributed by atoms with Crippen molar-refractivity contribution in [2.45, 2.75) is 24.8 Å². The third-order valence-corrected chi connectivity index (χ3v) is 2.24. The number of pyridine rings is 1. The van der Waals surface area contributed by atoms with E-state index in [1.807, 2.05) is 0 Å². The van der Waals surface area contributed by atoms with E-state index in [2.05, 4.69) is 4.98 Å². The molecule has 4 nitrogen and oxygen atoms in total. The first-order valence-corrected chi connectivity index (χ1v) is 4.95. The Morgan fingerprint density at radius 1 is 1.35 bits per heavy atom. The Labute approximate surface area is 95.9 Å². The fourth-order valence-corrected chi connectivity index (χ4v) is 1.31. The van der Waals surface area contributed by atoms with Crippen molar-refractivity contribution < 1.29 is 23.4 Å². The predicted molar refractivity (Wildman–Crippen MR) is 53.9 cm³/mol. The average molecular weight is 250 g/mol. The van der Waals surface area contributed by atoms with Gasteiger partial charge in [0.2, 0.25) is 0 Å². The molecule has 4 N–H and O–H groups in total. The first-order chi connectivity index (χ1) is 7.86. The van der Waals surface area contributed by atoms with E-state index < -0.39 is 23.9 Å². The van der Waals surface area contributed by atoms with Crippen LogP contribution in [0.5, 0.6) is 0 Å². The Hall–Kier alpha value is -1.18. The van der Waals surface area contributed by atoms with Crippen LogP contribution in [0.1, 0.15) is 23.8 Å². The van der Waals surface area contributed by atoms with Crippen molar-refractivity contribution in [3.63, 3.8) is 0 Å². The molecular formula is C10H13F3N2O2. The maximum atomic E-state index is 12.4. The van der Waals surface area contributed by atoms with E-state index in [0.717, 1.165) is 12.3 Å². The fraction of sp³-hybridized carbons (Fsp3) is 0.500. The van der Waals surface area contributed by atoms with Crippen molar-refractivity contribution in [3.8, 4) is 0 Å². The topological polar surface area (TPSA) is 79.4 Å². The van der Waals surface area contributed by atoms with E-state index in [-0.39, 0.29) is 18.7 Å². The number of aromatic nitrogens is 1. The Bertz CT molecular complexity index is 371. The summed E-state index contributed by atoms with van der Waals surface area (Å²) in [6, 6.07) is 1.51. The van der Waals surface area contributed by atoms with Gasteiger partial charge in [-0.05, 0) is 25.1 Å². The number of nitrogens with two attached hydrogens (primary N) is 1. The molecule has 7 heteroatoms. The number of halogens is 3. The number of hydrogen-bond donors (Lipinski definition) is 3. The van der Waals surface area contributed by atoms with Crippen LogP contribution in [-0.2, 0) is 6.18 Å². The van der Waals surface area contributed by atoms with Crippen LogP contribution in [0, 0.1) is 0 Å². The van der Waals surface area contributed by atoms with Gasteiger partial charge >= 0.3 is 6.18 Å². The number of hydrogen-bond acceptors (Lipinski definition) is 4. The van der Waals surface area contributed by atoms with Crippen molar-refractivity contribution in [1.82, 2.24) is 4.98 Å². The number of aliphatic hydroxyl groups is 2. The van der Waals surface area contributed by atoms with Crippen LogP contribution in [0.25, 0.3) is 0 Å². The predicted octanol–water partition coefficient (Wildman–Crippen LogP) is 0.843. The van der Waals surface area contributed by atoms with Gasteiger partial charge < -0.3 is 15.9 Å². The molecule has 0 amide bonds. The molecule has 0 radical (unpaired) electrons. The molecule has 2 atom stereocenters. The number of rotatable bonds is 4. The van der Waals surface area contributed by atoms with E-state index in [1.165, 1.54) is 0 Å². The molecule has 2 unspecified atom stereocenters. The monoisotopic (exact) mass is 250 g/mol. The lowest BCUT2D eigenvalue weighted by Crippen LogP contribution is -2.23. The number of aliphatic hydroxyl groups excluding tert-OH is 2. The smallest absolute Gasteiger partial charge is 0.390 e. The zero-order chi connectivity index (χ0) is 13.1. The van der Waals surface area contributed by atoms with E-state index in [9.17, 15) is 23.4 Å². The van der Waals surface area contributed by atoms with Gasteiger partial charge in [-0.25, -0.2) is 0 Å². The highest BCUT2D eigenvalue weighted by Gasteiger charge is 2.31. The minimum atomic E-state index is -4.50. The summed E-state index contributed by atoms with van der Waals surface area (Å²) in [5.74, 6) is 0. The van der Waals surface area contributed by atoms with Crippen LogP contribution in [0.15, 0.2) is 18.3 Å². The van der Waals surface area contributed by atoms with Crippen molar-refractivity contribution in [3.05, 3.63) is 29.6 Å². The molecule has 0 saturated heterocycles. The molecule has 1 rings (SSSR count). The van der Waals surface area contributed by atoms with E-state index in [0.29, 0.717) is 6.07 Å². The minimum Gasteiger partial charge on any atom is -0.390 e. The summed E-state index contributed by atoms with van der Waals surface area (Å²) in [5.41, 5.74) is 4.04. The van der Waals surface area contributed by atoms with Gasteiger partial charge in [-0.3, -0.25) is 4.98 Å². The zero-order valence-electron chi connectivity index (χ0n) is 8.85. The summed E-state index contributed by atoms with van der Waals surface area (Å²) >= 11 is 0. The third kappa shape index (κ3) is 3.65. The van der Waals surface area contributed by atoms with Crippen molar-refractivity contribution in [2.24, 2.45) is 5.73 Å². The lowest BCUT2D eigenvalue weighted by atomic mass is 10.1. The Kier molecular flexibility index (Phi) is 4.44. The molecule has 1 heterocycles. The molecule has 0 bridgehead atoms. The quantitative estimate of drug-likeness (QED) is 0.740. The first kappa shape index (κ1) is 13.9. The lowest BCUT2D eigenvalue weighted by Gasteiger charge is -2.17. The van der Waals surface area contributed by atoms with Crippen LogP contribution < -0.4 is 5.73 Å². The van der Waals surface area contributed by atoms with Crippen LogP contribution in [0.3, 0.4) is 0 Å². The van der Waals surface area contributed by atoms with E-state index in [1.54, 1.807) is 0 Å². The van der Waals surface area contributed by atoms with Crippen LogP contribution in [0.2, 0.25) is 0 Å². The Morgan fingerprint density at radius 3 is 2.53 bits per heavy atom. The number of nitrogens with zero attached hydrogens (tertiary/aromatic N) is 1. The van der Waals surface area contributed by atoms with Gasteiger partial charge in [0.15, 0.2) is 0 Å². The summed E-state index contributed by atoms with van der Waals surface area (Å²) < 4.78 is 37.2. The second kappa shape index (κ2) is 5.44. The molecule has 0 saturated carbocycles. The fourth-order valence-electron chi connectivity index (χ4n) is 1.31. The van der Waals surface area contributed by atoms with Gasteiger partial charge in [-0.1, -0.05) is 0 Å². The highest BCUT2D eigenvalue weighted by Crippen LogP contribution is 2.30. The minimum absolute atomic E-state index is 0.0824. The SMILES string of the molecule is NCCC(O)C(O)c1cc(C(F)(F)F)ccn1. The molecule has 0 aliphatic carbocycles. The molecule has 1 aromatic heterocycles. The summed E-state index contributed by atoms with van der Waals surface area (Å²) in [7, 11) is 0. The average Bonchev–Trinajstić information content (AvgIpc) is 2.27. The van der Waals surface area contributed by atoms with Crippen LogP contribution in [0.4, 0.5) is 13.2 Å². The molecule has 17 heavy (non-hydrogen) atoms. The molecule has 0 aliphatic heterocycles. The first-order valence-electron chi connectivity index (χ1n) is 4.95. The van der Waals surface area contributed by atoms with Gasteiger partial charge in [-0.15, -0.1) is 0 Å². The molecule has 0 spiro atoms. The Balaban J connectivity index is 2.92. The summed E-state index contributed by atoms with van der Waals surface area (Å²) in [4.78, 5) is 3.61. The molecule has 0 fully saturated rings. The highest BCUT2D eigenvalue weighted by atomic mass is 19.4. The molecular weight excluding hydrogens is 237 g/mol. The van der Waals surface area contributed by atoms with Gasteiger partial charge in [0.05, 0.1) is 17.4 Å². The highest BCUT2D eigenvalue weighted by molar-refractivity contribution is 5.21. The van der Waals surface area contributed by atoms with Gasteiger partial charge in [0.1, 0.15) is 6.10 Å². The second-order valence-corrected chi connectivity index (χ2v) is 3.56. The largest absolute Gasteiger partial charge is 0.416 e.